The lowest BCUT2D eigenvalue weighted by atomic mass is 10.2. The van der Waals surface area contributed by atoms with E-state index >= 15 is 0 Å². The van der Waals surface area contributed by atoms with Crippen LogP contribution < -0.4 is 10.0 Å². The number of benzene rings is 1. The molecule has 1 amide bonds. The summed E-state index contributed by atoms with van der Waals surface area (Å²) in [5, 5.41) is 11.3. The summed E-state index contributed by atoms with van der Waals surface area (Å²) in [6, 6.07) is 5.76. The van der Waals surface area contributed by atoms with Gasteiger partial charge in [0.25, 0.3) is 5.91 Å². The number of aliphatic hydroxyl groups excluding tert-OH is 1. The molecule has 112 valence electrons. The first-order valence-electron chi connectivity index (χ1n) is 6.50. The van der Waals surface area contributed by atoms with Crippen LogP contribution in [-0.2, 0) is 10.0 Å². The number of amides is 1. The lowest BCUT2D eigenvalue weighted by Crippen LogP contribution is -2.25. The van der Waals surface area contributed by atoms with Gasteiger partial charge in [-0.05, 0) is 37.1 Å². The number of hydrogen-bond acceptors (Lipinski definition) is 4. The lowest BCUT2D eigenvalue weighted by Gasteiger charge is -2.07. The van der Waals surface area contributed by atoms with Gasteiger partial charge in [-0.25, -0.2) is 13.1 Å². The van der Waals surface area contributed by atoms with Crippen LogP contribution in [0.25, 0.3) is 0 Å². The predicted octanol–water partition coefficient (Wildman–Crippen LogP) is 0.487. The fourth-order valence-corrected chi connectivity index (χ4v) is 2.64. The molecule has 0 fully saturated rings. The van der Waals surface area contributed by atoms with E-state index in [-0.39, 0.29) is 17.4 Å². The molecule has 7 heteroatoms. The zero-order valence-corrected chi connectivity index (χ0v) is 12.2. The molecule has 0 saturated heterocycles. The van der Waals surface area contributed by atoms with Gasteiger partial charge in [-0.3, -0.25) is 4.79 Å². The molecule has 1 aromatic rings. The predicted molar refractivity (Wildman–Crippen MR) is 76.0 cm³/mol. The minimum absolute atomic E-state index is 0.104. The second-order valence-electron chi connectivity index (χ2n) is 4.21. The van der Waals surface area contributed by atoms with E-state index in [4.69, 9.17) is 5.11 Å². The van der Waals surface area contributed by atoms with Crippen LogP contribution in [0.15, 0.2) is 29.2 Å². The number of rotatable bonds is 8. The van der Waals surface area contributed by atoms with Gasteiger partial charge in [-0.2, -0.15) is 0 Å². The number of carbonyl (C=O) groups is 1. The monoisotopic (exact) mass is 300 g/mol. The number of aliphatic hydroxyl groups is 1. The van der Waals surface area contributed by atoms with Crippen molar-refractivity contribution in [3.8, 4) is 0 Å². The molecule has 0 aliphatic heterocycles. The molecule has 0 aliphatic rings. The highest BCUT2D eigenvalue weighted by atomic mass is 32.2. The van der Waals surface area contributed by atoms with Crippen molar-refractivity contribution in [2.24, 2.45) is 0 Å². The van der Waals surface area contributed by atoms with E-state index in [0.717, 1.165) is 0 Å². The SMILES string of the molecule is CCNS(=O)(=O)c1ccc(C(=O)NCCCCO)cc1. The quantitative estimate of drug-likeness (QED) is 0.609. The van der Waals surface area contributed by atoms with E-state index < -0.39 is 10.0 Å². The van der Waals surface area contributed by atoms with Crippen molar-refractivity contribution in [2.45, 2.75) is 24.7 Å². The molecule has 0 heterocycles. The van der Waals surface area contributed by atoms with Gasteiger partial charge in [-0.15, -0.1) is 0 Å². The first-order chi connectivity index (χ1) is 9.51. The summed E-state index contributed by atoms with van der Waals surface area (Å²) >= 11 is 0. The van der Waals surface area contributed by atoms with E-state index in [2.05, 4.69) is 10.0 Å². The van der Waals surface area contributed by atoms with Crippen LogP contribution in [0.3, 0.4) is 0 Å². The number of carbonyl (C=O) groups excluding carboxylic acids is 1. The molecule has 3 N–H and O–H groups in total. The van der Waals surface area contributed by atoms with Gasteiger partial charge in [0.1, 0.15) is 0 Å². The third kappa shape index (κ3) is 4.92. The van der Waals surface area contributed by atoms with Gasteiger partial charge in [-0.1, -0.05) is 6.92 Å². The third-order valence-corrected chi connectivity index (χ3v) is 4.19. The zero-order valence-electron chi connectivity index (χ0n) is 11.4. The molecule has 0 atom stereocenters. The zero-order chi connectivity index (χ0) is 15.0. The Labute approximate surface area is 119 Å². The molecule has 6 nitrogen and oxygen atoms in total. The van der Waals surface area contributed by atoms with Crippen LogP contribution in [-0.4, -0.2) is 39.1 Å². The minimum Gasteiger partial charge on any atom is -0.396 e. The van der Waals surface area contributed by atoms with Gasteiger partial charge < -0.3 is 10.4 Å². The Kier molecular flexibility index (Phi) is 6.63. The summed E-state index contributed by atoms with van der Waals surface area (Å²) in [5.41, 5.74) is 0.407. The van der Waals surface area contributed by atoms with Crippen molar-refractivity contribution < 1.29 is 18.3 Å². The van der Waals surface area contributed by atoms with Crippen molar-refractivity contribution in [1.29, 1.82) is 0 Å². The van der Waals surface area contributed by atoms with Crippen LogP contribution in [0.4, 0.5) is 0 Å². The summed E-state index contributed by atoms with van der Waals surface area (Å²) < 4.78 is 25.8. The topological polar surface area (TPSA) is 95.5 Å². The van der Waals surface area contributed by atoms with E-state index in [0.29, 0.717) is 31.5 Å². The fraction of sp³-hybridized carbons (Fsp3) is 0.462. The molecule has 0 saturated carbocycles. The average Bonchev–Trinajstić information content (AvgIpc) is 2.43. The smallest absolute Gasteiger partial charge is 0.251 e. The molecule has 0 spiro atoms. The minimum atomic E-state index is -3.49. The second kappa shape index (κ2) is 7.98. The molecule has 0 aliphatic carbocycles. The van der Waals surface area contributed by atoms with Crippen LogP contribution in [0, 0.1) is 0 Å². The normalized spacial score (nSPS) is 11.3. The largest absolute Gasteiger partial charge is 0.396 e. The lowest BCUT2D eigenvalue weighted by molar-refractivity contribution is 0.0952. The van der Waals surface area contributed by atoms with Crippen molar-refractivity contribution in [3.63, 3.8) is 0 Å². The molecular formula is C13H20N2O4S. The Morgan fingerprint density at radius 1 is 1.20 bits per heavy atom. The summed E-state index contributed by atoms with van der Waals surface area (Å²) in [4.78, 5) is 11.9. The first-order valence-corrected chi connectivity index (χ1v) is 7.98. The van der Waals surface area contributed by atoms with Gasteiger partial charge >= 0.3 is 0 Å². The van der Waals surface area contributed by atoms with Gasteiger partial charge in [0, 0.05) is 25.3 Å². The third-order valence-electron chi connectivity index (χ3n) is 2.63. The van der Waals surface area contributed by atoms with Crippen LogP contribution in [0.2, 0.25) is 0 Å². The standard InChI is InChI=1S/C13H20N2O4S/c1-2-15-20(18,19)12-7-5-11(6-8-12)13(17)14-9-3-4-10-16/h5-8,15-16H,2-4,9-10H2,1H3,(H,14,17). The Bertz CT molecular complexity index is 526. The number of hydrogen-bond donors (Lipinski definition) is 3. The van der Waals surface area contributed by atoms with Crippen molar-refractivity contribution in [3.05, 3.63) is 29.8 Å². The maximum Gasteiger partial charge on any atom is 0.251 e. The number of unbranched alkanes of at least 4 members (excludes halogenated alkanes) is 1. The van der Waals surface area contributed by atoms with E-state index in [1.807, 2.05) is 0 Å². The second-order valence-corrected chi connectivity index (χ2v) is 5.98. The molecular weight excluding hydrogens is 280 g/mol. The molecule has 1 rings (SSSR count). The van der Waals surface area contributed by atoms with Gasteiger partial charge in [0.05, 0.1) is 4.90 Å². The van der Waals surface area contributed by atoms with Crippen LogP contribution in [0.5, 0.6) is 0 Å². The highest BCUT2D eigenvalue weighted by Crippen LogP contribution is 2.10. The fourth-order valence-electron chi connectivity index (χ4n) is 1.60. The summed E-state index contributed by atoms with van der Waals surface area (Å²) in [5.74, 6) is -0.254. The maximum absolute atomic E-state index is 11.8. The number of sulfonamides is 1. The van der Waals surface area contributed by atoms with Crippen molar-refractivity contribution in [2.75, 3.05) is 19.7 Å². The molecule has 1 aromatic carbocycles. The van der Waals surface area contributed by atoms with E-state index in [1.165, 1.54) is 24.3 Å². The molecule has 0 bridgehead atoms. The molecule has 0 radical (unpaired) electrons. The Balaban J connectivity index is 2.64. The highest BCUT2D eigenvalue weighted by Gasteiger charge is 2.13. The van der Waals surface area contributed by atoms with Gasteiger partial charge in [0.2, 0.25) is 10.0 Å². The van der Waals surface area contributed by atoms with E-state index in [1.54, 1.807) is 6.92 Å². The average molecular weight is 300 g/mol. The van der Waals surface area contributed by atoms with Crippen LogP contribution in [0.1, 0.15) is 30.1 Å². The Morgan fingerprint density at radius 3 is 2.40 bits per heavy atom. The Morgan fingerprint density at radius 2 is 1.85 bits per heavy atom. The van der Waals surface area contributed by atoms with E-state index in [9.17, 15) is 13.2 Å². The molecule has 0 unspecified atom stereocenters. The molecule has 0 aromatic heterocycles. The number of nitrogens with one attached hydrogen (secondary N) is 2. The summed E-state index contributed by atoms with van der Waals surface area (Å²) in [6.07, 6.45) is 1.34. The van der Waals surface area contributed by atoms with Crippen molar-refractivity contribution in [1.82, 2.24) is 10.0 Å². The first kappa shape index (κ1) is 16.6. The Hall–Kier alpha value is -1.44. The van der Waals surface area contributed by atoms with Gasteiger partial charge in [0.15, 0.2) is 0 Å². The highest BCUT2D eigenvalue weighted by molar-refractivity contribution is 7.89. The summed E-state index contributed by atoms with van der Waals surface area (Å²) in [7, 11) is -3.49. The summed E-state index contributed by atoms with van der Waals surface area (Å²) in [6.45, 7) is 2.60. The van der Waals surface area contributed by atoms with Crippen LogP contribution >= 0.6 is 0 Å². The van der Waals surface area contributed by atoms with Crippen molar-refractivity contribution >= 4 is 15.9 Å². The maximum atomic E-state index is 11.8. The molecule has 20 heavy (non-hydrogen) atoms.